The molecule has 1 amide bonds. The third-order valence-corrected chi connectivity index (χ3v) is 3.37. The molecule has 0 aliphatic heterocycles. The number of nitrogens with zero attached hydrogens (tertiary/aromatic N) is 1. The Kier molecular flexibility index (Phi) is 5.79. The molecule has 5 heteroatoms. The lowest BCUT2D eigenvalue weighted by molar-refractivity contribution is 0.0635. The summed E-state index contributed by atoms with van der Waals surface area (Å²) in [6.45, 7) is 8.35. The molecule has 0 saturated carbocycles. The Morgan fingerprint density at radius 2 is 1.83 bits per heavy atom. The van der Waals surface area contributed by atoms with Crippen LogP contribution in [0.25, 0.3) is 0 Å². The maximum atomic E-state index is 11.7. The van der Waals surface area contributed by atoms with E-state index in [-0.39, 0.29) is 0 Å². The van der Waals surface area contributed by atoms with Crippen molar-refractivity contribution < 1.29 is 9.53 Å². The number of pyridine rings is 1. The molecule has 2 N–H and O–H groups in total. The Hall–Kier alpha value is -2.56. The first-order valence-electron chi connectivity index (χ1n) is 8.14. The zero-order chi connectivity index (χ0) is 17.6. The topological polar surface area (TPSA) is 63.2 Å². The molecule has 5 nitrogen and oxygen atoms in total. The first-order valence-corrected chi connectivity index (χ1v) is 8.14. The molecule has 0 unspecified atom stereocenters. The van der Waals surface area contributed by atoms with Crippen molar-refractivity contribution in [3.63, 3.8) is 0 Å². The fourth-order valence-electron chi connectivity index (χ4n) is 2.25. The van der Waals surface area contributed by atoms with Crippen LogP contribution in [-0.4, -0.2) is 16.7 Å². The number of hydrogen-bond donors (Lipinski definition) is 2. The molecule has 1 heterocycles. The Bertz CT molecular complexity index is 676. The lowest BCUT2D eigenvalue weighted by Gasteiger charge is -2.19. The van der Waals surface area contributed by atoms with Crippen molar-refractivity contribution in [1.29, 1.82) is 0 Å². The summed E-state index contributed by atoms with van der Waals surface area (Å²) in [5, 5.41) is 5.97. The number of amides is 1. The van der Waals surface area contributed by atoms with Crippen LogP contribution < -0.4 is 10.6 Å². The number of anilines is 2. The molecule has 24 heavy (non-hydrogen) atoms. The van der Waals surface area contributed by atoms with E-state index in [0.29, 0.717) is 5.82 Å². The SMILES string of the molecule is CCc1ccccc1CNc1ccc(NC(=O)OC(C)(C)C)nc1. The maximum absolute atomic E-state index is 11.7. The molecule has 0 atom stereocenters. The molecule has 128 valence electrons. The van der Waals surface area contributed by atoms with Crippen molar-refractivity contribution >= 4 is 17.6 Å². The second-order valence-electron chi connectivity index (χ2n) is 6.53. The molecule has 0 spiro atoms. The first-order chi connectivity index (χ1) is 11.4. The van der Waals surface area contributed by atoms with Crippen LogP contribution >= 0.6 is 0 Å². The van der Waals surface area contributed by atoms with Gasteiger partial charge in [0, 0.05) is 6.54 Å². The predicted octanol–water partition coefficient (Wildman–Crippen LogP) is 4.60. The van der Waals surface area contributed by atoms with E-state index < -0.39 is 11.7 Å². The van der Waals surface area contributed by atoms with Gasteiger partial charge in [0.15, 0.2) is 0 Å². The number of hydrogen-bond acceptors (Lipinski definition) is 4. The van der Waals surface area contributed by atoms with Gasteiger partial charge in [0.2, 0.25) is 0 Å². The second kappa shape index (κ2) is 7.81. The molecule has 2 aromatic rings. The number of benzene rings is 1. The van der Waals surface area contributed by atoms with Crippen LogP contribution in [0.5, 0.6) is 0 Å². The van der Waals surface area contributed by atoms with Crippen LogP contribution in [0, 0.1) is 0 Å². The summed E-state index contributed by atoms with van der Waals surface area (Å²) >= 11 is 0. The first kappa shape index (κ1) is 17.8. The highest BCUT2D eigenvalue weighted by molar-refractivity contribution is 5.83. The zero-order valence-electron chi connectivity index (χ0n) is 14.7. The van der Waals surface area contributed by atoms with Gasteiger partial charge >= 0.3 is 6.09 Å². The molecule has 0 bridgehead atoms. The summed E-state index contributed by atoms with van der Waals surface area (Å²) < 4.78 is 5.20. The third kappa shape index (κ3) is 5.57. The van der Waals surface area contributed by atoms with Gasteiger partial charge in [-0.25, -0.2) is 9.78 Å². The molecule has 2 rings (SSSR count). The van der Waals surface area contributed by atoms with E-state index in [1.165, 1.54) is 11.1 Å². The molecule has 0 radical (unpaired) electrons. The highest BCUT2D eigenvalue weighted by atomic mass is 16.6. The minimum Gasteiger partial charge on any atom is -0.444 e. The van der Waals surface area contributed by atoms with Crippen molar-refractivity contribution in [2.45, 2.75) is 46.3 Å². The van der Waals surface area contributed by atoms with Gasteiger partial charge in [0.05, 0.1) is 11.9 Å². The average molecular weight is 327 g/mol. The van der Waals surface area contributed by atoms with Crippen molar-refractivity contribution in [3.05, 3.63) is 53.7 Å². The molecular weight excluding hydrogens is 302 g/mol. The number of carbonyl (C=O) groups excluding carboxylic acids is 1. The van der Waals surface area contributed by atoms with Crippen LogP contribution in [0.3, 0.4) is 0 Å². The highest BCUT2D eigenvalue weighted by Crippen LogP contribution is 2.15. The van der Waals surface area contributed by atoms with E-state index in [2.05, 4.69) is 40.7 Å². The number of rotatable bonds is 5. The van der Waals surface area contributed by atoms with E-state index in [0.717, 1.165) is 18.7 Å². The van der Waals surface area contributed by atoms with Crippen LogP contribution in [0.4, 0.5) is 16.3 Å². The van der Waals surface area contributed by atoms with Gasteiger partial charge in [-0.2, -0.15) is 0 Å². The number of aryl methyl sites for hydroxylation is 1. The van der Waals surface area contributed by atoms with Crippen LogP contribution in [0.15, 0.2) is 42.6 Å². The molecule has 0 aliphatic rings. The molecule has 1 aromatic heterocycles. The minimum absolute atomic E-state index is 0.462. The normalized spacial score (nSPS) is 11.0. The Morgan fingerprint density at radius 1 is 1.12 bits per heavy atom. The quantitative estimate of drug-likeness (QED) is 0.842. The largest absolute Gasteiger partial charge is 0.444 e. The van der Waals surface area contributed by atoms with E-state index in [1.54, 1.807) is 12.3 Å². The minimum atomic E-state index is -0.530. The average Bonchev–Trinajstić information content (AvgIpc) is 2.52. The van der Waals surface area contributed by atoms with Crippen molar-refractivity contribution in [1.82, 2.24) is 4.98 Å². The number of aromatic nitrogens is 1. The lowest BCUT2D eigenvalue weighted by Crippen LogP contribution is -2.27. The summed E-state index contributed by atoms with van der Waals surface area (Å²) in [5.41, 5.74) is 2.98. The Labute approximate surface area is 143 Å². The molecule has 0 saturated heterocycles. The van der Waals surface area contributed by atoms with Crippen LogP contribution in [0.2, 0.25) is 0 Å². The summed E-state index contributed by atoms with van der Waals surface area (Å²) in [6.07, 6.45) is 2.20. The standard InChI is InChI=1S/C19H25N3O2/c1-5-14-8-6-7-9-15(14)12-20-16-10-11-17(21-13-16)22-18(23)24-19(2,3)4/h6-11,13,20H,5,12H2,1-4H3,(H,21,22,23). The van der Waals surface area contributed by atoms with Gasteiger partial charge in [0.25, 0.3) is 0 Å². The van der Waals surface area contributed by atoms with Gasteiger partial charge in [-0.15, -0.1) is 0 Å². The van der Waals surface area contributed by atoms with E-state index in [4.69, 9.17) is 4.74 Å². The van der Waals surface area contributed by atoms with Crippen LogP contribution in [0.1, 0.15) is 38.8 Å². The fraction of sp³-hybridized carbons (Fsp3) is 0.368. The third-order valence-electron chi connectivity index (χ3n) is 3.37. The molecule has 0 fully saturated rings. The molecular formula is C19H25N3O2. The predicted molar refractivity (Wildman–Crippen MR) is 97.2 cm³/mol. The number of ether oxygens (including phenoxy) is 1. The van der Waals surface area contributed by atoms with E-state index >= 15 is 0 Å². The van der Waals surface area contributed by atoms with Gasteiger partial charge in [-0.1, -0.05) is 31.2 Å². The van der Waals surface area contributed by atoms with Crippen molar-refractivity contribution in [3.8, 4) is 0 Å². The maximum Gasteiger partial charge on any atom is 0.413 e. The molecule has 0 aliphatic carbocycles. The highest BCUT2D eigenvalue weighted by Gasteiger charge is 2.16. The van der Waals surface area contributed by atoms with E-state index in [1.807, 2.05) is 32.9 Å². The second-order valence-corrected chi connectivity index (χ2v) is 6.53. The van der Waals surface area contributed by atoms with Gasteiger partial charge in [-0.3, -0.25) is 5.32 Å². The number of carbonyl (C=O) groups is 1. The van der Waals surface area contributed by atoms with E-state index in [9.17, 15) is 4.79 Å². The Morgan fingerprint density at radius 3 is 2.42 bits per heavy atom. The monoisotopic (exact) mass is 327 g/mol. The summed E-state index contributed by atoms with van der Waals surface area (Å²) in [5.74, 6) is 0.462. The van der Waals surface area contributed by atoms with Gasteiger partial charge in [-0.05, 0) is 50.5 Å². The summed E-state index contributed by atoms with van der Waals surface area (Å²) in [7, 11) is 0. The smallest absolute Gasteiger partial charge is 0.413 e. The summed E-state index contributed by atoms with van der Waals surface area (Å²) in [6, 6.07) is 12.0. The van der Waals surface area contributed by atoms with Crippen molar-refractivity contribution in [2.75, 3.05) is 10.6 Å². The zero-order valence-corrected chi connectivity index (χ0v) is 14.7. The molecule has 1 aromatic carbocycles. The fourth-order valence-corrected chi connectivity index (χ4v) is 2.25. The summed E-state index contributed by atoms with van der Waals surface area (Å²) in [4.78, 5) is 15.9. The van der Waals surface area contributed by atoms with Crippen molar-refractivity contribution in [2.24, 2.45) is 0 Å². The Balaban J connectivity index is 1.91. The van der Waals surface area contributed by atoms with Gasteiger partial charge in [0.1, 0.15) is 11.4 Å². The number of nitrogens with one attached hydrogen (secondary N) is 2. The lowest BCUT2D eigenvalue weighted by atomic mass is 10.1. The van der Waals surface area contributed by atoms with Crippen LogP contribution in [-0.2, 0) is 17.7 Å². The van der Waals surface area contributed by atoms with Gasteiger partial charge < -0.3 is 10.1 Å².